The molecule has 1 unspecified atom stereocenters. The highest BCUT2D eigenvalue weighted by molar-refractivity contribution is 7.10. The molecule has 5 N–H and O–H groups in total. The number of nitrogens with two attached hydrogens (primary N) is 1. The van der Waals surface area contributed by atoms with Gasteiger partial charge in [0, 0.05) is 28.2 Å². The van der Waals surface area contributed by atoms with Gasteiger partial charge in [0.15, 0.2) is 0 Å². The Bertz CT molecular complexity index is 996. The average Bonchev–Trinajstić information content (AvgIpc) is 3.24. The second-order valence-corrected chi connectivity index (χ2v) is 8.69. The van der Waals surface area contributed by atoms with Crippen LogP contribution in [0.1, 0.15) is 60.2 Å². The van der Waals surface area contributed by atoms with Gasteiger partial charge in [-0.1, -0.05) is 56.5 Å². The lowest BCUT2D eigenvalue weighted by atomic mass is 10.0. The Kier molecular flexibility index (Phi) is 8.56. The summed E-state index contributed by atoms with van der Waals surface area (Å²) in [6.07, 6.45) is 7.89. The molecule has 0 spiro atoms. The summed E-state index contributed by atoms with van der Waals surface area (Å²) in [4.78, 5) is 1.23. The summed E-state index contributed by atoms with van der Waals surface area (Å²) >= 11 is 1.71. The average molecular weight is 437 g/mol. The van der Waals surface area contributed by atoms with Gasteiger partial charge in [0.05, 0.1) is 6.04 Å². The lowest BCUT2D eigenvalue weighted by molar-refractivity contribution is 0.462. The molecule has 4 nitrogen and oxygen atoms in total. The second kappa shape index (κ2) is 11.6. The summed E-state index contributed by atoms with van der Waals surface area (Å²) in [6, 6.07) is 16.5. The van der Waals surface area contributed by atoms with E-state index in [1.165, 1.54) is 36.1 Å². The van der Waals surface area contributed by atoms with E-state index in [1.54, 1.807) is 29.5 Å². The van der Waals surface area contributed by atoms with Crippen LogP contribution >= 0.6 is 11.3 Å². The van der Waals surface area contributed by atoms with Crippen LogP contribution < -0.4 is 11.1 Å². The van der Waals surface area contributed by atoms with Crippen molar-refractivity contribution in [3.63, 3.8) is 0 Å². The summed E-state index contributed by atoms with van der Waals surface area (Å²) in [7, 11) is 0. The Morgan fingerprint density at radius 2 is 1.71 bits per heavy atom. The fourth-order valence-electron chi connectivity index (χ4n) is 3.66. The molecule has 0 bridgehead atoms. The van der Waals surface area contributed by atoms with Crippen molar-refractivity contribution < 1.29 is 10.2 Å². The molecule has 0 saturated heterocycles. The first-order valence-corrected chi connectivity index (χ1v) is 11.8. The van der Waals surface area contributed by atoms with Gasteiger partial charge in [-0.3, -0.25) is 0 Å². The molecule has 1 heterocycles. The minimum atomic E-state index is -0.125. The number of thiophene rings is 1. The fraction of sp³-hybridized carbons (Fsp3) is 0.308. The van der Waals surface area contributed by atoms with Crippen LogP contribution in [-0.2, 0) is 13.0 Å². The number of unbranched alkanes of at least 4 members (excludes halogenated alkanes) is 3. The predicted molar refractivity (Wildman–Crippen MR) is 130 cm³/mol. The van der Waals surface area contributed by atoms with Gasteiger partial charge in [0.25, 0.3) is 0 Å². The number of nitrogens with one attached hydrogen (secondary N) is 1. The first kappa shape index (κ1) is 22.9. The standard InChI is InChI=1S/C26H32N2O2S/c1-2-3-4-5-10-19-15-16-31-26(19)23(28-18-20-11-6-8-13-24(20)29)17-22(27)21-12-7-9-14-25(21)30/h6-9,11-17,23,28-30H,2-5,10,18,27H2,1H3/b22-17-. The molecule has 0 amide bonds. The number of phenolic OH excluding ortho intramolecular Hbond substituents is 2. The molecule has 31 heavy (non-hydrogen) atoms. The van der Waals surface area contributed by atoms with Crippen molar-refractivity contribution >= 4 is 17.0 Å². The Morgan fingerprint density at radius 1 is 0.968 bits per heavy atom. The summed E-state index contributed by atoms with van der Waals surface area (Å²) < 4.78 is 0. The van der Waals surface area contributed by atoms with Crippen LogP contribution in [0.3, 0.4) is 0 Å². The zero-order valence-corrected chi connectivity index (χ0v) is 18.9. The van der Waals surface area contributed by atoms with Crippen LogP contribution in [-0.4, -0.2) is 10.2 Å². The van der Waals surface area contributed by atoms with Gasteiger partial charge in [0.1, 0.15) is 11.5 Å². The van der Waals surface area contributed by atoms with E-state index in [4.69, 9.17) is 5.73 Å². The van der Waals surface area contributed by atoms with Crippen LogP contribution in [0.5, 0.6) is 11.5 Å². The summed E-state index contributed by atoms with van der Waals surface area (Å²) in [5, 5.41) is 26.1. The minimum Gasteiger partial charge on any atom is -0.508 e. The zero-order chi connectivity index (χ0) is 22.1. The molecule has 0 aliphatic rings. The van der Waals surface area contributed by atoms with Crippen molar-refractivity contribution in [3.8, 4) is 11.5 Å². The zero-order valence-electron chi connectivity index (χ0n) is 18.1. The van der Waals surface area contributed by atoms with Crippen molar-refractivity contribution in [1.29, 1.82) is 0 Å². The second-order valence-electron chi connectivity index (χ2n) is 7.75. The Labute approximate surface area is 189 Å². The van der Waals surface area contributed by atoms with Gasteiger partial charge < -0.3 is 21.3 Å². The fourth-order valence-corrected chi connectivity index (χ4v) is 4.66. The lowest BCUT2D eigenvalue weighted by Gasteiger charge is -2.18. The number of hydrogen-bond acceptors (Lipinski definition) is 5. The van der Waals surface area contributed by atoms with E-state index in [-0.39, 0.29) is 17.5 Å². The van der Waals surface area contributed by atoms with Crippen LogP contribution in [0.25, 0.3) is 5.70 Å². The van der Waals surface area contributed by atoms with E-state index in [9.17, 15) is 10.2 Å². The number of benzene rings is 2. The van der Waals surface area contributed by atoms with Gasteiger partial charge in [-0.05, 0) is 54.1 Å². The molecule has 164 valence electrons. The third kappa shape index (κ3) is 6.36. The summed E-state index contributed by atoms with van der Waals surface area (Å²) in [5.74, 6) is 0.444. The molecule has 0 radical (unpaired) electrons. The summed E-state index contributed by atoms with van der Waals surface area (Å²) in [6.45, 7) is 2.73. The molecule has 0 fully saturated rings. The van der Waals surface area contributed by atoms with E-state index in [0.29, 0.717) is 17.8 Å². The predicted octanol–water partition coefficient (Wildman–Crippen LogP) is 6.11. The van der Waals surface area contributed by atoms with E-state index < -0.39 is 0 Å². The van der Waals surface area contributed by atoms with Crippen molar-refractivity contribution in [2.45, 2.75) is 51.6 Å². The lowest BCUT2D eigenvalue weighted by Crippen LogP contribution is -2.20. The normalized spacial score (nSPS) is 12.7. The molecular formula is C26H32N2O2S. The van der Waals surface area contributed by atoms with Crippen molar-refractivity contribution in [3.05, 3.63) is 87.6 Å². The number of aromatic hydroxyl groups is 2. The highest BCUT2D eigenvalue weighted by atomic mass is 32.1. The Hall–Kier alpha value is -2.76. The molecule has 0 aliphatic carbocycles. The smallest absolute Gasteiger partial charge is 0.124 e. The van der Waals surface area contributed by atoms with E-state index >= 15 is 0 Å². The van der Waals surface area contributed by atoms with Crippen molar-refractivity contribution in [1.82, 2.24) is 5.32 Å². The Morgan fingerprint density at radius 3 is 2.45 bits per heavy atom. The molecule has 1 aromatic heterocycles. The Balaban J connectivity index is 1.86. The van der Waals surface area contributed by atoms with Gasteiger partial charge in [0.2, 0.25) is 0 Å². The maximum absolute atomic E-state index is 10.2. The molecule has 5 heteroatoms. The van der Waals surface area contributed by atoms with E-state index in [2.05, 4.69) is 23.7 Å². The van der Waals surface area contributed by atoms with Crippen molar-refractivity contribution in [2.75, 3.05) is 0 Å². The molecule has 3 aromatic rings. The number of para-hydroxylation sites is 2. The third-order valence-corrected chi connectivity index (χ3v) is 6.47. The first-order chi connectivity index (χ1) is 15.1. The number of aryl methyl sites for hydroxylation is 1. The SMILES string of the molecule is CCCCCCc1ccsc1C(/C=C(\N)c1ccccc1O)NCc1ccccc1O. The quantitative estimate of drug-likeness (QED) is 0.273. The maximum Gasteiger partial charge on any atom is 0.124 e. The van der Waals surface area contributed by atoms with Gasteiger partial charge in [-0.25, -0.2) is 0 Å². The highest BCUT2D eigenvalue weighted by Crippen LogP contribution is 2.31. The van der Waals surface area contributed by atoms with Gasteiger partial charge >= 0.3 is 0 Å². The highest BCUT2D eigenvalue weighted by Gasteiger charge is 2.17. The van der Waals surface area contributed by atoms with E-state index in [0.717, 1.165) is 12.0 Å². The number of phenols is 2. The largest absolute Gasteiger partial charge is 0.508 e. The van der Waals surface area contributed by atoms with Crippen LogP contribution in [0, 0.1) is 0 Å². The minimum absolute atomic E-state index is 0.125. The summed E-state index contributed by atoms with van der Waals surface area (Å²) in [5.41, 5.74) is 9.72. The molecule has 0 aliphatic heterocycles. The first-order valence-electron chi connectivity index (χ1n) is 10.9. The van der Waals surface area contributed by atoms with Crippen LogP contribution in [0.2, 0.25) is 0 Å². The number of rotatable bonds is 11. The van der Waals surface area contributed by atoms with Crippen molar-refractivity contribution in [2.24, 2.45) is 5.73 Å². The monoisotopic (exact) mass is 436 g/mol. The molecular weight excluding hydrogens is 404 g/mol. The third-order valence-electron chi connectivity index (χ3n) is 5.43. The number of hydrogen-bond donors (Lipinski definition) is 4. The topological polar surface area (TPSA) is 78.5 Å². The molecule has 3 rings (SSSR count). The molecule has 0 saturated carbocycles. The van der Waals surface area contributed by atoms with Gasteiger partial charge in [-0.15, -0.1) is 11.3 Å². The van der Waals surface area contributed by atoms with Crippen LogP contribution in [0.4, 0.5) is 0 Å². The van der Waals surface area contributed by atoms with Gasteiger partial charge in [-0.2, -0.15) is 0 Å². The molecule has 2 aromatic carbocycles. The molecule has 1 atom stereocenters. The maximum atomic E-state index is 10.2. The van der Waals surface area contributed by atoms with E-state index in [1.807, 2.05) is 36.4 Å². The van der Waals surface area contributed by atoms with Crippen LogP contribution in [0.15, 0.2) is 66.1 Å².